The van der Waals surface area contributed by atoms with Crippen molar-refractivity contribution in [3.8, 4) is 0 Å². The molecule has 29 heavy (non-hydrogen) atoms. The topological polar surface area (TPSA) is 71.3 Å². The summed E-state index contributed by atoms with van der Waals surface area (Å²) in [6, 6.07) is 3.82. The summed E-state index contributed by atoms with van der Waals surface area (Å²) in [5, 5.41) is 6.86. The van der Waals surface area contributed by atoms with E-state index in [1.54, 1.807) is 6.26 Å². The third-order valence-corrected chi connectivity index (χ3v) is 5.92. The first kappa shape index (κ1) is 22.1. The van der Waals surface area contributed by atoms with Gasteiger partial charge >= 0.3 is 0 Å². The number of nitrogens with one attached hydrogen (secondary N) is 2. The van der Waals surface area contributed by atoms with E-state index < -0.39 is 0 Å². The Morgan fingerprint density at radius 2 is 2.03 bits per heavy atom. The molecule has 0 aromatic carbocycles. The Kier molecular flexibility index (Phi) is 9.31. The summed E-state index contributed by atoms with van der Waals surface area (Å²) in [5.41, 5.74) is 0.205. The van der Waals surface area contributed by atoms with Crippen molar-refractivity contribution in [3.63, 3.8) is 0 Å². The Hall–Kier alpha value is -1.57. The minimum absolute atomic E-state index is 0.205. The van der Waals surface area contributed by atoms with Crippen molar-refractivity contribution in [2.45, 2.75) is 57.6 Å². The molecule has 1 aromatic heterocycles. The van der Waals surface area contributed by atoms with E-state index in [1.165, 1.54) is 32.1 Å². The van der Waals surface area contributed by atoms with Crippen molar-refractivity contribution >= 4 is 5.96 Å². The number of furan rings is 1. The van der Waals surface area contributed by atoms with Crippen LogP contribution < -0.4 is 10.6 Å². The second-order valence-electron chi connectivity index (χ2n) is 7.99. The summed E-state index contributed by atoms with van der Waals surface area (Å²) in [7, 11) is 0. The van der Waals surface area contributed by atoms with Crippen LogP contribution in [0.1, 0.15) is 51.2 Å². The highest BCUT2D eigenvalue weighted by Gasteiger charge is 2.38. The van der Waals surface area contributed by atoms with Gasteiger partial charge in [0.2, 0.25) is 0 Å². The van der Waals surface area contributed by atoms with Crippen molar-refractivity contribution < 1.29 is 13.9 Å². The molecule has 164 valence electrons. The maximum Gasteiger partial charge on any atom is 0.191 e. The molecule has 0 radical (unpaired) electrons. The fourth-order valence-electron chi connectivity index (χ4n) is 4.34. The quantitative estimate of drug-likeness (QED) is 0.354. The van der Waals surface area contributed by atoms with E-state index in [1.807, 2.05) is 12.1 Å². The number of nitrogens with zero attached hydrogens (tertiary/aromatic N) is 2. The molecule has 0 atom stereocenters. The summed E-state index contributed by atoms with van der Waals surface area (Å²) in [6.07, 6.45) is 9.07. The van der Waals surface area contributed by atoms with Crippen LogP contribution in [0.15, 0.2) is 27.8 Å². The van der Waals surface area contributed by atoms with E-state index in [0.717, 1.165) is 64.1 Å². The first-order valence-electron chi connectivity index (χ1n) is 11.3. The number of aliphatic imine (C=N–C) groups is 1. The molecule has 0 spiro atoms. The van der Waals surface area contributed by atoms with E-state index in [0.29, 0.717) is 13.2 Å². The first-order valence-corrected chi connectivity index (χ1v) is 11.3. The molecule has 2 N–H and O–H groups in total. The molecule has 1 aliphatic carbocycles. The zero-order valence-electron chi connectivity index (χ0n) is 18.0. The van der Waals surface area contributed by atoms with Gasteiger partial charge in [0.25, 0.3) is 0 Å². The SMILES string of the molecule is CCNC(=NCC1(N2CCOCC2)CCCCC1)NCCCOCc1ccco1. The van der Waals surface area contributed by atoms with Gasteiger partial charge in [-0.3, -0.25) is 9.89 Å². The molecule has 2 fully saturated rings. The molecule has 2 heterocycles. The average Bonchev–Trinajstić information content (AvgIpc) is 3.29. The van der Waals surface area contributed by atoms with Crippen molar-refractivity contribution in [2.24, 2.45) is 4.99 Å². The second-order valence-corrected chi connectivity index (χ2v) is 7.99. The highest BCUT2D eigenvalue weighted by Crippen LogP contribution is 2.34. The van der Waals surface area contributed by atoms with Crippen LogP contribution in [0, 0.1) is 0 Å². The average molecular weight is 407 g/mol. The maximum atomic E-state index is 5.66. The van der Waals surface area contributed by atoms with Gasteiger partial charge in [-0.2, -0.15) is 0 Å². The second kappa shape index (κ2) is 12.2. The van der Waals surface area contributed by atoms with Gasteiger partial charge in [-0.25, -0.2) is 0 Å². The van der Waals surface area contributed by atoms with Crippen molar-refractivity contribution in [3.05, 3.63) is 24.2 Å². The number of morpholine rings is 1. The van der Waals surface area contributed by atoms with Crippen LogP contribution in [0.25, 0.3) is 0 Å². The van der Waals surface area contributed by atoms with E-state index in [-0.39, 0.29) is 5.54 Å². The number of guanidine groups is 1. The maximum absolute atomic E-state index is 5.66. The molecule has 7 heteroatoms. The molecule has 1 saturated carbocycles. The van der Waals surface area contributed by atoms with E-state index in [9.17, 15) is 0 Å². The van der Waals surface area contributed by atoms with Crippen molar-refractivity contribution in [2.75, 3.05) is 52.5 Å². The van der Waals surface area contributed by atoms with Gasteiger partial charge in [-0.05, 0) is 38.3 Å². The molecule has 1 aromatic rings. The van der Waals surface area contributed by atoms with Gasteiger partial charge in [0.05, 0.1) is 26.0 Å². The monoisotopic (exact) mass is 406 g/mol. The predicted molar refractivity (Wildman–Crippen MR) is 115 cm³/mol. The largest absolute Gasteiger partial charge is 0.467 e. The molecule has 1 saturated heterocycles. The Bertz CT molecular complexity index is 579. The Balaban J connectivity index is 1.45. The Labute approximate surface area is 175 Å². The van der Waals surface area contributed by atoms with Crippen LogP contribution >= 0.6 is 0 Å². The minimum atomic E-state index is 0.205. The lowest BCUT2D eigenvalue weighted by Crippen LogP contribution is -2.56. The summed E-state index contributed by atoms with van der Waals surface area (Å²) < 4.78 is 16.5. The molecular weight excluding hydrogens is 368 g/mol. The van der Waals surface area contributed by atoms with Crippen LogP contribution in [-0.4, -0.2) is 68.9 Å². The summed E-state index contributed by atoms with van der Waals surface area (Å²) in [5.74, 6) is 1.78. The molecule has 1 aliphatic heterocycles. The summed E-state index contributed by atoms with van der Waals surface area (Å²) >= 11 is 0. The third kappa shape index (κ3) is 7.01. The highest BCUT2D eigenvalue weighted by atomic mass is 16.5. The standard InChI is InChI=1S/C22H38N4O3/c1-2-23-21(24-11-7-14-28-18-20-8-6-15-29-20)25-19-22(9-4-3-5-10-22)26-12-16-27-17-13-26/h6,8,15H,2-5,7,9-14,16-19H2,1H3,(H2,23,24,25). The number of hydrogen-bond acceptors (Lipinski definition) is 5. The van der Waals surface area contributed by atoms with Gasteiger partial charge in [0.1, 0.15) is 12.4 Å². The van der Waals surface area contributed by atoms with Gasteiger partial charge in [-0.1, -0.05) is 19.3 Å². The molecular formula is C22H38N4O3. The van der Waals surface area contributed by atoms with Crippen LogP contribution in [0.3, 0.4) is 0 Å². The summed E-state index contributed by atoms with van der Waals surface area (Å²) in [6.45, 7) is 9.68. The fraction of sp³-hybridized carbons (Fsp3) is 0.773. The smallest absolute Gasteiger partial charge is 0.191 e. The Morgan fingerprint density at radius 1 is 1.21 bits per heavy atom. The predicted octanol–water partition coefficient (Wildman–Crippen LogP) is 2.78. The highest BCUT2D eigenvalue weighted by molar-refractivity contribution is 5.79. The molecule has 0 amide bonds. The zero-order chi connectivity index (χ0) is 20.2. The van der Waals surface area contributed by atoms with Crippen LogP contribution in [0.5, 0.6) is 0 Å². The molecule has 7 nitrogen and oxygen atoms in total. The van der Waals surface area contributed by atoms with Crippen LogP contribution in [-0.2, 0) is 16.1 Å². The zero-order valence-corrected chi connectivity index (χ0v) is 18.0. The van der Waals surface area contributed by atoms with Gasteiger partial charge < -0.3 is 24.5 Å². The number of rotatable bonds is 10. The molecule has 2 aliphatic rings. The van der Waals surface area contributed by atoms with Crippen LogP contribution in [0.4, 0.5) is 0 Å². The van der Waals surface area contributed by atoms with E-state index >= 15 is 0 Å². The van der Waals surface area contributed by atoms with E-state index in [2.05, 4.69) is 22.5 Å². The van der Waals surface area contributed by atoms with Crippen molar-refractivity contribution in [1.82, 2.24) is 15.5 Å². The van der Waals surface area contributed by atoms with E-state index in [4.69, 9.17) is 18.9 Å². The number of hydrogen-bond donors (Lipinski definition) is 2. The third-order valence-electron chi connectivity index (χ3n) is 5.92. The fourth-order valence-corrected chi connectivity index (χ4v) is 4.34. The number of ether oxygens (including phenoxy) is 2. The lowest BCUT2D eigenvalue weighted by atomic mass is 9.80. The van der Waals surface area contributed by atoms with Crippen LogP contribution in [0.2, 0.25) is 0 Å². The van der Waals surface area contributed by atoms with Gasteiger partial charge in [0, 0.05) is 38.3 Å². The lowest BCUT2D eigenvalue weighted by Gasteiger charge is -2.47. The minimum Gasteiger partial charge on any atom is -0.467 e. The van der Waals surface area contributed by atoms with Crippen molar-refractivity contribution in [1.29, 1.82) is 0 Å². The molecule has 0 unspecified atom stereocenters. The lowest BCUT2D eigenvalue weighted by molar-refractivity contribution is -0.0333. The van der Waals surface area contributed by atoms with Gasteiger partial charge in [0.15, 0.2) is 5.96 Å². The molecule has 0 bridgehead atoms. The normalized spacial score (nSPS) is 20.5. The first-order chi connectivity index (χ1) is 14.3. The Morgan fingerprint density at radius 3 is 2.76 bits per heavy atom. The van der Waals surface area contributed by atoms with Gasteiger partial charge in [-0.15, -0.1) is 0 Å². The molecule has 3 rings (SSSR count). The summed E-state index contributed by atoms with van der Waals surface area (Å²) in [4.78, 5) is 7.64.